The molecule has 0 atom stereocenters. The van der Waals surface area contributed by atoms with Gasteiger partial charge in [-0.3, -0.25) is 4.99 Å². The molecule has 0 saturated carbocycles. The van der Waals surface area contributed by atoms with Crippen LogP contribution in [0, 0.1) is 0 Å². The molecule has 0 radical (unpaired) electrons. The van der Waals surface area contributed by atoms with Gasteiger partial charge in [0.1, 0.15) is 0 Å². The zero-order chi connectivity index (χ0) is 19.1. The summed E-state index contributed by atoms with van der Waals surface area (Å²) in [5.74, 6) is 0. The Kier molecular flexibility index (Phi) is 5.53. The highest BCUT2D eigenvalue weighted by Gasteiger charge is 2.30. The summed E-state index contributed by atoms with van der Waals surface area (Å²) in [6.45, 7) is 9.69. The van der Waals surface area contributed by atoms with Crippen LogP contribution in [0.2, 0.25) is 10.0 Å². The van der Waals surface area contributed by atoms with E-state index in [0.29, 0.717) is 10.0 Å². The fraction of sp³-hybridized carbons (Fsp3) is 0.286. The Hall–Kier alpha value is -1.29. The molecule has 5 heteroatoms. The monoisotopic (exact) mass is 450 g/mol. The molecule has 1 aliphatic rings. The lowest BCUT2D eigenvalue weighted by Crippen LogP contribution is -2.44. The van der Waals surface area contributed by atoms with Crippen LogP contribution in [0.15, 0.2) is 45.9 Å². The lowest BCUT2D eigenvalue weighted by atomic mass is 9.88. The van der Waals surface area contributed by atoms with E-state index in [9.17, 15) is 0 Å². The van der Waals surface area contributed by atoms with Crippen LogP contribution in [0.4, 0.5) is 11.4 Å². The van der Waals surface area contributed by atoms with E-state index in [4.69, 9.17) is 23.2 Å². The maximum Gasteiger partial charge on any atom is 0.0645 e. The SMILES string of the molecule is CCN1c2cc(Cl)c(C=Nc3ccc(Br)c(Cl)c3)cc2C(C)=CC1(C)C. The van der Waals surface area contributed by atoms with Crippen LogP contribution in [0.5, 0.6) is 0 Å². The number of anilines is 1. The highest BCUT2D eigenvalue weighted by atomic mass is 79.9. The van der Waals surface area contributed by atoms with Crippen LogP contribution in [0.1, 0.15) is 38.8 Å². The number of rotatable bonds is 3. The third-order valence-electron chi connectivity index (χ3n) is 4.67. The van der Waals surface area contributed by atoms with Crippen molar-refractivity contribution in [1.29, 1.82) is 0 Å². The van der Waals surface area contributed by atoms with Gasteiger partial charge in [-0.1, -0.05) is 29.3 Å². The van der Waals surface area contributed by atoms with E-state index in [-0.39, 0.29) is 5.54 Å². The van der Waals surface area contributed by atoms with Gasteiger partial charge >= 0.3 is 0 Å². The maximum atomic E-state index is 6.58. The largest absolute Gasteiger partial charge is 0.363 e. The Bertz CT molecular complexity index is 916. The standard InChI is InChI=1S/C21H21BrCl2N2/c1-5-26-20-10-18(23)14(8-16(20)13(2)11-21(26,3)4)12-25-15-6-7-17(22)19(24)9-15/h6-12H,5H2,1-4H3. The second-order valence-corrected chi connectivity index (χ2v) is 8.64. The minimum Gasteiger partial charge on any atom is -0.363 e. The average Bonchev–Trinajstić information content (AvgIpc) is 2.56. The molecule has 0 unspecified atom stereocenters. The van der Waals surface area contributed by atoms with Gasteiger partial charge in [-0.25, -0.2) is 0 Å². The molecule has 1 heterocycles. The van der Waals surface area contributed by atoms with Crippen molar-refractivity contribution in [3.63, 3.8) is 0 Å². The molecule has 0 amide bonds. The minimum atomic E-state index is -0.0288. The molecule has 136 valence electrons. The van der Waals surface area contributed by atoms with Gasteiger partial charge in [0.15, 0.2) is 0 Å². The topological polar surface area (TPSA) is 15.6 Å². The predicted molar refractivity (Wildman–Crippen MR) is 119 cm³/mol. The van der Waals surface area contributed by atoms with E-state index in [1.54, 1.807) is 6.21 Å². The van der Waals surface area contributed by atoms with Gasteiger partial charge in [0.25, 0.3) is 0 Å². The normalized spacial score (nSPS) is 16.0. The molecular weight excluding hydrogens is 431 g/mol. The van der Waals surface area contributed by atoms with Gasteiger partial charge in [0.05, 0.1) is 21.3 Å². The Morgan fingerprint density at radius 2 is 1.88 bits per heavy atom. The van der Waals surface area contributed by atoms with Crippen molar-refractivity contribution in [1.82, 2.24) is 0 Å². The molecule has 3 rings (SSSR count). The summed E-state index contributed by atoms with van der Waals surface area (Å²) in [5, 5.41) is 1.33. The van der Waals surface area contributed by atoms with E-state index >= 15 is 0 Å². The summed E-state index contributed by atoms with van der Waals surface area (Å²) in [4.78, 5) is 6.90. The van der Waals surface area contributed by atoms with E-state index in [1.807, 2.05) is 18.2 Å². The van der Waals surface area contributed by atoms with Crippen LogP contribution in [0.3, 0.4) is 0 Å². The predicted octanol–water partition coefficient (Wildman–Crippen LogP) is 7.53. The Balaban J connectivity index is 2.02. The Morgan fingerprint density at radius 3 is 2.54 bits per heavy atom. The van der Waals surface area contributed by atoms with Gasteiger partial charge in [0.2, 0.25) is 0 Å². The smallest absolute Gasteiger partial charge is 0.0645 e. The number of halogens is 3. The molecule has 1 aliphatic heterocycles. The number of benzene rings is 2. The van der Waals surface area contributed by atoms with Gasteiger partial charge in [0, 0.05) is 34.0 Å². The molecule has 26 heavy (non-hydrogen) atoms. The van der Waals surface area contributed by atoms with Crippen LogP contribution in [-0.4, -0.2) is 18.3 Å². The zero-order valence-electron chi connectivity index (χ0n) is 15.3. The summed E-state index contributed by atoms with van der Waals surface area (Å²) >= 11 is 16.1. The Labute approximate surface area is 173 Å². The van der Waals surface area contributed by atoms with E-state index in [0.717, 1.165) is 22.3 Å². The molecule has 0 aromatic heterocycles. The van der Waals surface area contributed by atoms with Crippen molar-refractivity contribution in [2.24, 2.45) is 4.99 Å². The molecule has 2 aromatic rings. The van der Waals surface area contributed by atoms with Crippen LogP contribution in [0.25, 0.3) is 5.57 Å². The molecule has 0 spiro atoms. The first-order valence-corrected chi connectivity index (χ1v) is 10.1. The molecular formula is C21H21BrCl2N2. The van der Waals surface area contributed by atoms with Gasteiger partial charge in [-0.2, -0.15) is 0 Å². The quantitative estimate of drug-likeness (QED) is 0.440. The van der Waals surface area contributed by atoms with Crippen molar-refractivity contribution >= 4 is 62.3 Å². The summed E-state index contributed by atoms with van der Waals surface area (Å²) in [6.07, 6.45) is 4.10. The average molecular weight is 452 g/mol. The van der Waals surface area contributed by atoms with Crippen LogP contribution < -0.4 is 4.90 Å². The van der Waals surface area contributed by atoms with Crippen molar-refractivity contribution in [3.8, 4) is 0 Å². The van der Waals surface area contributed by atoms with Crippen LogP contribution >= 0.6 is 39.1 Å². The zero-order valence-corrected chi connectivity index (χ0v) is 18.4. The fourth-order valence-electron chi connectivity index (χ4n) is 3.50. The van der Waals surface area contributed by atoms with Crippen molar-refractivity contribution in [3.05, 3.63) is 62.1 Å². The molecule has 2 aromatic carbocycles. The summed E-state index contributed by atoms with van der Waals surface area (Å²) < 4.78 is 0.855. The minimum absolute atomic E-state index is 0.0288. The third kappa shape index (κ3) is 3.71. The van der Waals surface area contributed by atoms with Gasteiger partial charge in [-0.05, 0) is 79.5 Å². The van der Waals surface area contributed by atoms with E-state index < -0.39 is 0 Å². The first-order valence-electron chi connectivity index (χ1n) is 8.53. The molecule has 0 saturated heterocycles. The number of fused-ring (bicyclic) bond motifs is 1. The summed E-state index contributed by atoms with van der Waals surface area (Å²) in [7, 11) is 0. The number of likely N-dealkylation sites (N-methyl/N-ethyl adjacent to an activating group) is 1. The van der Waals surface area contributed by atoms with Crippen molar-refractivity contribution in [2.75, 3.05) is 11.4 Å². The molecule has 0 N–H and O–H groups in total. The first-order chi connectivity index (χ1) is 12.2. The van der Waals surface area contributed by atoms with Crippen LogP contribution in [-0.2, 0) is 0 Å². The van der Waals surface area contributed by atoms with Gasteiger partial charge in [-0.15, -0.1) is 0 Å². The highest BCUT2D eigenvalue weighted by molar-refractivity contribution is 9.10. The number of allylic oxidation sites excluding steroid dienone is 1. The van der Waals surface area contributed by atoms with Gasteiger partial charge < -0.3 is 4.90 Å². The molecule has 0 fully saturated rings. The lowest BCUT2D eigenvalue weighted by molar-refractivity contribution is 0.566. The number of aliphatic imine (C=N–C) groups is 1. The second kappa shape index (κ2) is 7.38. The van der Waals surface area contributed by atoms with Crippen molar-refractivity contribution < 1.29 is 0 Å². The molecule has 0 aliphatic carbocycles. The van der Waals surface area contributed by atoms with E-state index in [1.165, 1.54) is 16.8 Å². The Morgan fingerprint density at radius 1 is 1.15 bits per heavy atom. The first kappa shape index (κ1) is 19.5. The maximum absolute atomic E-state index is 6.58. The highest BCUT2D eigenvalue weighted by Crippen LogP contribution is 2.41. The number of hydrogen-bond acceptors (Lipinski definition) is 2. The summed E-state index contributed by atoms with van der Waals surface area (Å²) in [6, 6.07) is 9.78. The molecule has 0 bridgehead atoms. The lowest BCUT2D eigenvalue weighted by Gasteiger charge is -2.43. The summed E-state index contributed by atoms with van der Waals surface area (Å²) in [5.41, 5.74) is 5.28. The fourth-order valence-corrected chi connectivity index (χ4v) is 4.13. The number of nitrogens with zero attached hydrogens (tertiary/aromatic N) is 2. The van der Waals surface area contributed by atoms with E-state index in [2.05, 4.69) is 71.7 Å². The second-order valence-electron chi connectivity index (χ2n) is 6.97. The third-order valence-corrected chi connectivity index (χ3v) is 6.23. The molecule has 2 nitrogen and oxygen atoms in total. The van der Waals surface area contributed by atoms with Crippen molar-refractivity contribution in [2.45, 2.75) is 33.2 Å². The number of hydrogen-bond donors (Lipinski definition) is 0.